The Morgan fingerprint density at radius 2 is 2.12 bits per heavy atom. The summed E-state index contributed by atoms with van der Waals surface area (Å²) in [6.45, 7) is 2.48. The molecule has 1 heterocycles. The number of esters is 1. The average Bonchev–Trinajstić information content (AvgIpc) is 2.33. The molecule has 0 radical (unpaired) electrons. The molecule has 3 nitrogen and oxygen atoms in total. The molecule has 84 valence electrons. The van der Waals surface area contributed by atoms with Crippen LogP contribution in [0, 0.1) is 0 Å². The minimum absolute atomic E-state index is 0.0855. The van der Waals surface area contributed by atoms with Crippen molar-refractivity contribution in [2.45, 2.75) is 19.1 Å². The number of rotatable bonds is 2. The van der Waals surface area contributed by atoms with E-state index in [9.17, 15) is 4.79 Å². The Hall–Kier alpha value is -1.61. The molecule has 0 N–H and O–H groups in total. The molecule has 1 aliphatic heterocycles. The van der Waals surface area contributed by atoms with Crippen LogP contribution in [0.25, 0.3) is 0 Å². The molecule has 16 heavy (non-hydrogen) atoms. The van der Waals surface area contributed by atoms with Crippen LogP contribution in [-0.2, 0) is 9.47 Å². The first kappa shape index (κ1) is 10.9. The summed E-state index contributed by atoms with van der Waals surface area (Å²) in [5, 5.41) is 0. The van der Waals surface area contributed by atoms with Gasteiger partial charge in [-0.2, -0.15) is 0 Å². The average molecular weight is 218 g/mol. The lowest BCUT2D eigenvalue weighted by atomic mass is 10.1. The predicted molar refractivity (Wildman–Crippen MR) is 60.2 cm³/mol. The molecule has 1 aromatic carbocycles. The molecule has 0 aliphatic carbocycles. The van der Waals surface area contributed by atoms with Crippen molar-refractivity contribution in [3.63, 3.8) is 0 Å². The number of ether oxygens (including phenoxy) is 2. The van der Waals surface area contributed by atoms with Gasteiger partial charge in [-0.3, -0.25) is 0 Å². The Morgan fingerprint density at radius 3 is 2.81 bits per heavy atom. The normalized spacial score (nSPS) is 24.1. The summed E-state index contributed by atoms with van der Waals surface area (Å²) < 4.78 is 10.7. The van der Waals surface area contributed by atoms with Crippen molar-refractivity contribution in [2.75, 3.05) is 6.61 Å². The Kier molecular flexibility index (Phi) is 3.37. The molecule has 0 saturated carbocycles. The monoisotopic (exact) mass is 218 g/mol. The first-order chi connectivity index (χ1) is 7.77. The number of carbonyl (C=O) groups is 1. The van der Waals surface area contributed by atoms with E-state index in [0.717, 1.165) is 0 Å². The lowest BCUT2D eigenvalue weighted by Crippen LogP contribution is -2.32. The summed E-state index contributed by atoms with van der Waals surface area (Å²) in [5.74, 6) is -0.312. The van der Waals surface area contributed by atoms with Crippen molar-refractivity contribution < 1.29 is 14.3 Å². The zero-order chi connectivity index (χ0) is 11.4. The van der Waals surface area contributed by atoms with Gasteiger partial charge in [0.1, 0.15) is 6.10 Å². The van der Waals surface area contributed by atoms with Gasteiger partial charge in [0, 0.05) is 0 Å². The number of carbonyl (C=O) groups excluding carboxylic acids is 1. The van der Waals surface area contributed by atoms with E-state index in [1.165, 1.54) is 0 Å². The predicted octanol–water partition coefficient (Wildman–Crippen LogP) is 2.19. The van der Waals surface area contributed by atoms with Crippen molar-refractivity contribution in [1.29, 1.82) is 0 Å². The molecular weight excluding hydrogens is 204 g/mol. The van der Waals surface area contributed by atoms with Crippen molar-refractivity contribution in [3.8, 4) is 0 Å². The molecule has 0 spiro atoms. The highest BCUT2D eigenvalue weighted by atomic mass is 16.6. The summed E-state index contributed by atoms with van der Waals surface area (Å²) in [4.78, 5) is 11.7. The van der Waals surface area contributed by atoms with Gasteiger partial charge in [0.05, 0.1) is 18.3 Å². The van der Waals surface area contributed by atoms with Gasteiger partial charge in [0.25, 0.3) is 0 Å². The fraction of sp³-hybridized carbons (Fsp3) is 0.308. The standard InChI is InChI=1S/C13H14O3/c1-10-12(8-5-9-15-10)16-13(14)11-6-3-2-4-7-11/h2-8,10,12H,9H2,1H3. The molecule has 2 rings (SSSR count). The minimum atomic E-state index is -0.312. The van der Waals surface area contributed by atoms with E-state index in [-0.39, 0.29) is 18.2 Å². The van der Waals surface area contributed by atoms with Crippen LogP contribution in [0.2, 0.25) is 0 Å². The van der Waals surface area contributed by atoms with Crippen molar-refractivity contribution >= 4 is 5.97 Å². The first-order valence-corrected chi connectivity index (χ1v) is 5.31. The SMILES string of the molecule is CC1OCC=CC1OC(=O)c1ccccc1. The smallest absolute Gasteiger partial charge is 0.338 e. The van der Waals surface area contributed by atoms with E-state index in [1.54, 1.807) is 12.1 Å². The van der Waals surface area contributed by atoms with Crippen molar-refractivity contribution in [2.24, 2.45) is 0 Å². The third kappa shape index (κ3) is 2.49. The summed E-state index contributed by atoms with van der Waals surface area (Å²) in [6.07, 6.45) is 3.36. The highest BCUT2D eigenvalue weighted by Gasteiger charge is 2.22. The number of benzene rings is 1. The van der Waals surface area contributed by atoms with E-state index < -0.39 is 0 Å². The second-order valence-corrected chi connectivity index (χ2v) is 3.70. The minimum Gasteiger partial charge on any atom is -0.452 e. The van der Waals surface area contributed by atoms with E-state index in [2.05, 4.69) is 0 Å². The summed E-state index contributed by atoms with van der Waals surface area (Å²) >= 11 is 0. The lowest BCUT2D eigenvalue weighted by molar-refractivity contribution is -0.0269. The van der Waals surface area contributed by atoms with Crippen LogP contribution in [0.15, 0.2) is 42.5 Å². The highest BCUT2D eigenvalue weighted by Crippen LogP contribution is 2.13. The lowest BCUT2D eigenvalue weighted by Gasteiger charge is -2.24. The molecule has 0 aromatic heterocycles. The number of hydrogen-bond acceptors (Lipinski definition) is 3. The number of hydrogen-bond donors (Lipinski definition) is 0. The Labute approximate surface area is 94.7 Å². The van der Waals surface area contributed by atoms with Crippen molar-refractivity contribution in [3.05, 3.63) is 48.0 Å². The van der Waals surface area contributed by atoms with Crippen LogP contribution in [0.5, 0.6) is 0 Å². The molecule has 1 aliphatic rings. The third-order valence-electron chi connectivity index (χ3n) is 2.50. The molecular formula is C13H14O3. The Bertz CT molecular complexity index is 383. The van der Waals surface area contributed by atoms with Crippen molar-refractivity contribution in [1.82, 2.24) is 0 Å². The Morgan fingerprint density at radius 1 is 1.38 bits per heavy atom. The largest absolute Gasteiger partial charge is 0.452 e. The third-order valence-corrected chi connectivity index (χ3v) is 2.50. The maximum atomic E-state index is 11.7. The van der Waals surface area contributed by atoms with Gasteiger partial charge < -0.3 is 9.47 Å². The van der Waals surface area contributed by atoms with Crippen LogP contribution in [0.1, 0.15) is 17.3 Å². The van der Waals surface area contributed by atoms with Gasteiger partial charge in [-0.1, -0.05) is 24.3 Å². The van der Waals surface area contributed by atoms with Gasteiger partial charge in [-0.15, -0.1) is 0 Å². The molecule has 1 aromatic rings. The quantitative estimate of drug-likeness (QED) is 0.564. The maximum Gasteiger partial charge on any atom is 0.338 e. The van der Waals surface area contributed by atoms with E-state index in [1.807, 2.05) is 37.3 Å². The van der Waals surface area contributed by atoms with Crippen LogP contribution in [0.4, 0.5) is 0 Å². The van der Waals surface area contributed by atoms with E-state index in [0.29, 0.717) is 12.2 Å². The molecule has 0 amide bonds. The van der Waals surface area contributed by atoms with Crippen LogP contribution < -0.4 is 0 Å². The van der Waals surface area contributed by atoms with E-state index >= 15 is 0 Å². The zero-order valence-corrected chi connectivity index (χ0v) is 9.13. The van der Waals surface area contributed by atoms with Gasteiger partial charge in [0.2, 0.25) is 0 Å². The van der Waals surface area contributed by atoms with Crippen LogP contribution in [0.3, 0.4) is 0 Å². The molecule has 0 bridgehead atoms. The van der Waals surface area contributed by atoms with Crippen LogP contribution >= 0.6 is 0 Å². The second kappa shape index (κ2) is 4.94. The molecule has 3 heteroatoms. The maximum absolute atomic E-state index is 11.7. The molecule has 0 saturated heterocycles. The molecule has 0 fully saturated rings. The summed E-state index contributed by atoms with van der Waals surface area (Å²) in [5.41, 5.74) is 0.564. The van der Waals surface area contributed by atoms with Gasteiger partial charge in [-0.25, -0.2) is 4.79 Å². The molecule has 2 atom stereocenters. The molecule has 2 unspecified atom stereocenters. The highest BCUT2D eigenvalue weighted by molar-refractivity contribution is 5.89. The van der Waals surface area contributed by atoms with E-state index in [4.69, 9.17) is 9.47 Å². The first-order valence-electron chi connectivity index (χ1n) is 5.31. The topological polar surface area (TPSA) is 35.5 Å². The Balaban J connectivity index is 2.02. The van der Waals surface area contributed by atoms with Gasteiger partial charge >= 0.3 is 5.97 Å². The van der Waals surface area contributed by atoms with Gasteiger partial charge in [-0.05, 0) is 25.1 Å². The van der Waals surface area contributed by atoms with Crippen LogP contribution in [-0.4, -0.2) is 24.8 Å². The fourth-order valence-corrected chi connectivity index (χ4v) is 1.55. The fourth-order valence-electron chi connectivity index (χ4n) is 1.55. The summed E-state index contributed by atoms with van der Waals surface area (Å²) in [7, 11) is 0. The second-order valence-electron chi connectivity index (χ2n) is 3.70. The zero-order valence-electron chi connectivity index (χ0n) is 9.13. The summed E-state index contributed by atoms with van der Waals surface area (Å²) in [6, 6.07) is 8.96. The van der Waals surface area contributed by atoms with Gasteiger partial charge in [0.15, 0.2) is 0 Å².